The van der Waals surface area contributed by atoms with E-state index in [2.05, 4.69) is 42.0 Å². The van der Waals surface area contributed by atoms with E-state index < -0.39 is 0 Å². The molecule has 1 fully saturated rings. The van der Waals surface area contributed by atoms with Gasteiger partial charge < -0.3 is 5.32 Å². The lowest BCUT2D eigenvalue weighted by molar-refractivity contribution is 0.126. The number of aromatic nitrogens is 1. The number of hydrogen-bond acceptors (Lipinski definition) is 3. The van der Waals surface area contributed by atoms with Crippen molar-refractivity contribution in [3.63, 3.8) is 0 Å². The molecule has 0 spiro atoms. The summed E-state index contributed by atoms with van der Waals surface area (Å²) in [6, 6.07) is 4.20. The number of piperidine rings is 1. The summed E-state index contributed by atoms with van der Waals surface area (Å²) in [7, 11) is 0. The molecule has 1 N–H and O–H groups in total. The highest BCUT2D eigenvalue weighted by atomic mass is 15.1. The summed E-state index contributed by atoms with van der Waals surface area (Å²) < 4.78 is 0. The first-order valence-corrected chi connectivity index (χ1v) is 7.00. The van der Waals surface area contributed by atoms with Gasteiger partial charge in [0, 0.05) is 25.0 Å². The number of hydrogen-bond donors (Lipinski definition) is 1. The Balaban J connectivity index is 1.91. The maximum absolute atomic E-state index is 4.47. The normalized spacial score (nSPS) is 19.7. The first-order valence-electron chi connectivity index (χ1n) is 7.00. The zero-order valence-electron chi connectivity index (χ0n) is 11.9. The van der Waals surface area contributed by atoms with E-state index in [1.807, 2.05) is 12.3 Å². The van der Waals surface area contributed by atoms with E-state index in [9.17, 15) is 0 Å². The van der Waals surface area contributed by atoms with E-state index in [1.165, 1.54) is 37.3 Å². The van der Waals surface area contributed by atoms with Gasteiger partial charge in [-0.3, -0.25) is 9.88 Å². The average Bonchev–Trinajstić information content (AvgIpc) is 2.33. The van der Waals surface area contributed by atoms with Crippen LogP contribution in [0.15, 0.2) is 18.3 Å². The summed E-state index contributed by atoms with van der Waals surface area (Å²) in [5.74, 6) is 0. The Morgan fingerprint density at radius 3 is 2.72 bits per heavy atom. The van der Waals surface area contributed by atoms with E-state index in [0.717, 1.165) is 13.1 Å². The fourth-order valence-corrected chi connectivity index (χ4v) is 2.42. The quantitative estimate of drug-likeness (QED) is 0.886. The lowest BCUT2D eigenvalue weighted by atomic mass is 9.83. The van der Waals surface area contributed by atoms with Gasteiger partial charge in [0.2, 0.25) is 0 Å². The van der Waals surface area contributed by atoms with Crippen molar-refractivity contribution in [1.82, 2.24) is 9.88 Å². The van der Waals surface area contributed by atoms with Crippen molar-refractivity contribution in [2.45, 2.75) is 40.2 Å². The van der Waals surface area contributed by atoms with Crippen molar-refractivity contribution in [2.24, 2.45) is 5.41 Å². The molecule has 0 saturated carbocycles. The number of nitrogens with zero attached hydrogens (tertiary/aromatic N) is 2. The van der Waals surface area contributed by atoms with Crippen LogP contribution in [0.1, 0.15) is 39.3 Å². The van der Waals surface area contributed by atoms with Crippen LogP contribution in [0.2, 0.25) is 0 Å². The molecule has 100 valence electrons. The zero-order chi connectivity index (χ0) is 13.0. The summed E-state index contributed by atoms with van der Waals surface area (Å²) >= 11 is 0. The monoisotopic (exact) mass is 247 g/mol. The molecule has 2 rings (SSSR count). The molecule has 2 heterocycles. The van der Waals surface area contributed by atoms with Gasteiger partial charge in [-0.05, 0) is 50.4 Å². The van der Waals surface area contributed by atoms with Crippen molar-refractivity contribution in [3.8, 4) is 0 Å². The Kier molecular flexibility index (Phi) is 4.23. The summed E-state index contributed by atoms with van der Waals surface area (Å²) in [6.07, 6.45) is 4.49. The molecular weight excluding hydrogens is 222 g/mol. The van der Waals surface area contributed by atoms with Crippen LogP contribution in [0.5, 0.6) is 0 Å². The third kappa shape index (κ3) is 3.70. The highest BCUT2D eigenvalue weighted by Gasteiger charge is 2.25. The topological polar surface area (TPSA) is 28.2 Å². The molecule has 1 aromatic heterocycles. The summed E-state index contributed by atoms with van der Waals surface area (Å²) in [5, 5.41) is 3.34. The van der Waals surface area contributed by atoms with Gasteiger partial charge in [0.05, 0.1) is 5.69 Å². The first kappa shape index (κ1) is 13.3. The molecule has 3 nitrogen and oxygen atoms in total. The summed E-state index contributed by atoms with van der Waals surface area (Å²) in [4.78, 5) is 6.99. The number of pyridine rings is 1. The molecule has 0 aliphatic carbocycles. The van der Waals surface area contributed by atoms with Crippen molar-refractivity contribution < 1.29 is 0 Å². The molecular formula is C15H25N3. The maximum Gasteiger partial charge on any atom is 0.0564 e. The molecule has 0 amide bonds. The predicted molar refractivity (Wildman–Crippen MR) is 76.7 cm³/mol. The molecule has 0 atom stereocenters. The average molecular weight is 247 g/mol. The van der Waals surface area contributed by atoms with Crippen LogP contribution < -0.4 is 5.32 Å². The van der Waals surface area contributed by atoms with Crippen LogP contribution in [0.25, 0.3) is 0 Å². The van der Waals surface area contributed by atoms with Gasteiger partial charge in [-0.2, -0.15) is 0 Å². The second-order valence-corrected chi connectivity index (χ2v) is 6.01. The van der Waals surface area contributed by atoms with Crippen molar-refractivity contribution in [3.05, 3.63) is 24.0 Å². The third-order valence-corrected chi connectivity index (χ3v) is 3.79. The molecule has 0 unspecified atom stereocenters. The minimum absolute atomic E-state index is 0.523. The standard InChI is InChI=1S/C15H25N3/c1-4-16-13-5-8-17-14(11-13)12-18-9-6-15(2,3)7-10-18/h5,8,11H,4,6-7,9-10,12H2,1-3H3,(H,16,17). The second kappa shape index (κ2) is 5.70. The highest BCUT2D eigenvalue weighted by Crippen LogP contribution is 2.30. The third-order valence-electron chi connectivity index (χ3n) is 3.79. The lowest BCUT2D eigenvalue weighted by Gasteiger charge is -2.36. The van der Waals surface area contributed by atoms with Crippen molar-refractivity contribution in [1.29, 1.82) is 0 Å². The molecule has 1 saturated heterocycles. The highest BCUT2D eigenvalue weighted by molar-refractivity contribution is 5.42. The van der Waals surface area contributed by atoms with Crippen LogP contribution in [-0.2, 0) is 6.54 Å². The largest absolute Gasteiger partial charge is 0.385 e. The van der Waals surface area contributed by atoms with Gasteiger partial charge in [-0.25, -0.2) is 0 Å². The van der Waals surface area contributed by atoms with Gasteiger partial charge in [0.25, 0.3) is 0 Å². The molecule has 0 aromatic carbocycles. The zero-order valence-corrected chi connectivity index (χ0v) is 11.9. The van der Waals surface area contributed by atoms with Gasteiger partial charge in [0.1, 0.15) is 0 Å². The minimum atomic E-state index is 0.523. The lowest BCUT2D eigenvalue weighted by Crippen LogP contribution is -2.36. The van der Waals surface area contributed by atoms with Gasteiger partial charge in [-0.1, -0.05) is 13.8 Å². The predicted octanol–water partition coefficient (Wildman–Crippen LogP) is 3.14. The van der Waals surface area contributed by atoms with E-state index in [0.29, 0.717) is 5.41 Å². The molecule has 3 heteroatoms. The van der Waals surface area contributed by atoms with E-state index in [4.69, 9.17) is 0 Å². The minimum Gasteiger partial charge on any atom is -0.385 e. The van der Waals surface area contributed by atoms with E-state index in [-0.39, 0.29) is 0 Å². The Morgan fingerprint density at radius 1 is 1.33 bits per heavy atom. The Morgan fingerprint density at radius 2 is 2.06 bits per heavy atom. The number of nitrogens with one attached hydrogen (secondary N) is 1. The molecule has 18 heavy (non-hydrogen) atoms. The van der Waals surface area contributed by atoms with Crippen LogP contribution in [0.4, 0.5) is 5.69 Å². The fraction of sp³-hybridized carbons (Fsp3) is 0.667. The van der Waals surface area contributed by atoms with E-state index >= 15 is 0 Å². The molecule has 0 bridgehead atoms. The van der Waals surface area contributed by atoms with Crippen LogP contribution in [0.3, 0.4) is 0 Å². The fourth-order valence-electron chi connectivity index (χ4n) is 2.42. The summed E-state index contributed by atoms with van der Waals surface area (Å²) in [6.45, 7) is 11.2. The molecule has 1 aliphatic rings. The maximum atomic E-state index is 4.47. The van der Waals surface area contributed by atoms with Crippen LogP contribution in [0, 0.1) is 5.41 Å². The first-order chi connectivity index (χ1) is 8.59. The molecule has 1 aliphatic heterocycles. The smallest absolute Gasteiger partial charge is 0.0564 e. The second-order valence-electron chi connectivity index (χ2n) is 6.01. The van der Waals surface area contributed by atoms with Gasteiger partial charge in [0.15, 0.2) is 0 Å². The van der Waals surface area contributed by atoms with Gasteiger partial charge in [-0.15, -0.1) is 0 Å². The Bertz CT molecular complexity index is 377. The summed E-state index contributed by atoms with van der Waals surface area (Å²) in [5.41, 5.74) is 2.88. The Labute approximate surface area is 111 Å². The van der Waals surface area contributed by atoms with Crippen molar-refractivity contribution in [2.75, 3.05) is 25.0 Å². The van der Waals surface area contributed by atoms with Gasteiger partial charge >= 0.3 is 0 Å². The molecule has 0 radical (unpaired) electrons. The number of anilines is 1. The number of likely N-dealkylation sites (tertiary alicyclic amines) is 1. The van der Waals surface area contributed by atoms with Crippen molar-refractivity contribution >= 4 is 5.69 Å². The van der Waals surface area contributed by atoms with E-state index in [1.54, 1.807) is 0 Å². The van der Waals surface area contributed by atoms with Crippen LogP contribution >= 0.6 is 0 Å². The SMILES string of the molecule is CCNc1ccnc(CN2CCC(C)(C)CC2)c1. The van der Waals surface area contributed by atoms with Crippen LogP contribution in [-0.4, -0.2) is 29.5 Å². The Hall–Kier alpha value is -1.09. The molecule has 1 aromatic rings. The number of rotatable bonds is 4.